The SMILES string of the molecule is CCOC(=O)c1cncn1C(C)c1ccccc1.O=C(O)c1cccc2nc3ccccc3nc12. The molecule has 0 aliphatic heterocycles. The number of hydrogen-bond acceptors (Lipinski definition) is 6. The Bertz CT molecular complexity index is 1480. The highest BCUT2D eigenvalue weighted by Crippen LogP contribution is 2.20. The molecule has 0 aliphatic carbocycles. The summed E-state index contributed by atoms with van der Waals surface area (Å²) in [4.78, 5) is 35.6. The molecule has 0 bridgehead atoms. The van der Waals surface area contributed by atoms with Crippen molar-refractivity contribution >= 4 is 34.0 Å². The van der Waals surface area contributed by atoms with Gasteiger partial charge in [-0.25, -0.2) is 24.5 Å². The number of rotatable bonds is 5. The van der Waals surface area contributed by atoms with Gasteiger partial charge in [-0.1, -0.05) is 48.5 Å². The molecule has 35 heavy (non-hydrogen) atoms. The van der Waals surface area contributed by atoms with E-state index in [1.54, 1.807) is 25.4 Å². The maximum atomic E-state index is 11.8. The molecular weight excluding hydrogens is 444 g/mol. The van der Waals surface area contributed by atoms with E-state index in [2.05, 4.69) is 15.0 Å². The molecule has 0 spiro atoms. The summed E-state index contributed by atoms with van der Waals surface area (Å²) in [5.41, 5.74) is 4.29. The van der Waals surface area contributed by atoms with Gasteiger partial charge in [0, 0.05) is 0 Å². The van der Waals surface area contributed by atoms with Crippen LogP contribution >= 0.6 is 0 Å². The molecule has 8 heteroatoms. The van der Waals surface area contributed by atoms with Crippen LogP contribution in [0.15, 0.2) is 85.3 Å². The number of carboxylic acids is 1. The molecule has 1 unspecified atom stereocenters. The molecule has 5 rings (SSSR count). The minimum absolute atomic E-state index is 0.0492. The summed E-state index contributed by atoms with van der Waals surface area (Å²) >= 11 is 0. The van der Waals surface area contributed by atoms with E-state index in [0.29, 0.717) is 28.9 Å². The standard InChI is InChI=1S/C14H16N2O2.C13H8N2O2/c1-3-18-14(17)13-9-15-10-16(13)11(2)12-7-5-4-6-8-12;16-13(17)8-4-3-7-11-12(8)15-10-6-2-1-5-9(10)14-11/h4-11H,3H2,1-2H3;1-7H,(H,16,17). The number of nitrogens with zero attached hydrogens (tertiary/aromatic N) is 4. The lowest BCUT2D eigenvalue weighted by Crippen LogP contribution is -2.15. The van der Waals surface area contributed by atoms with Gasteiger partial charge < -0.3 is 14.4 Å². The van der Waals surface area contributed by atoms with Crippen molar-refractivity contribution in [1.29, 1.82) is 0 Å². The fourth-order valence-corrected chi connectivity index (χ4v) is 3.68. The van der Waals surface area contributed by atoms with Crippen molar-refractivity contribution in [2.75, 3.05) is 6.61 Å². The average molecular weight is 469 g/mol. The van der Waals surface area contributed by atoms with Crippen LogP contribution in [0.4, 0.5) is 0 Å². The number of aromatic carboxylic acids is 1. The maximum Gasteiger partial charge on any atom is 0.356 e. The average Bonchev–Trinajstić information content (AvgIpc) is 3.38. The van der Waals surface area contributed by atoms with Crippen LogP contribution in [-0.4, -0.2) is 43.2 Å². The second-order valence-electron chi connectivity index (χ2n) is 7.68. The number of carbonyl (C=O) groups is 2. The predicted octanol–water partition coefficient (Wildman–Crippen LogP) is 5.15. The summed E-state index contributed by atoms with van der Waals surface area (Å²) in [6.07, 6.45) is 3.20. The van der Waals surface area contributed by atoms with E-state index in [1.807, 2.05) is 66.1 Å². The summed E-state index contributed by atoms with van der Waals surface area (Å²) in [6, 6.07) is 22.4. The van der Waals surface area contributed by atoms with E-state index in [0.717, 1.165) is 11.1 Å². The first-order valence-electron chi connectivity index (χ1n) is 11.1. The molecule has 2 heterocycles. The second-order valence-corrected chi connectivity index (χ2v) is 7.68. The van der Waals surface area contributed by atoms with E-state index >= 15 is 0 Å². The van der Waals surface area contributed by atoms with Crippen molar-refractivity contribution in [3.05, 3.63) is 102 Å². The number of carboxylic acid groups (broad SMARTS) is 1. The summed E-state index contributed by atoms with van der Waals surface area (Å²) in [6.45, 7) is 4.18. The summed E-state index contributed by atoms with van der Waals surface area (Å²) in [7, 11) is 0. The van der Waals surface area contributed by atoms with Crippen LogP contribution in [0.2, 0.25) is 0 Å². The molecule has 0 radical (unpaired) electrons. The van der Waals surface area contributed by atoms with E-state index in [9.17, 15) is 9.59 Å². The van der Waals surface area contributed by atoms with Gasteiger partial charge in [-0.2, -0.15) is 0 Å². The first-order valence-corrected chi connectivity index (χ1v) is 11.1. The Balaban J connectivity index is 0.000000165. The molecule has 0 fully saturated rings. The first-order chi connectivity index (χ1) is 17.0. The number of para-hydroxylation sites is 3. The number of aromatic nitrogens is 4. The van der Waals surface area contributed by atoms with Gasteiger partial charge in [-0.15, -0.1) is 0 Å². The Labute approximate surface area is 201 Å². The number of imidazole rings is 1. The highest BCUT2D eigenvalue weighted by Gasteiger charge is 2.17. The molecular formula is C27H24N4O4. The van der Waals surface area contributed by atoms with Crippen molar-refractivity contribution < 1.29 is 19.4 Å². The van der Waals surface area contributed by atoms with Crippen molar-refractivity contribution in [3.63, 3.8) is 0 Å². The quantitative estimate of drug-likeness (QED) is 0.281. The van der Waals surface area contributed by atoms with Gasteiger partial charge in [-0.05, 0) is 43.7 Å². The molecule has 0 saturated heterocycles. The van der Waals surface area contributed by atoms with Crippen molar-refractivity contribution in [3.8, 4) is 0 Å². The van der Waals surface area contributed by atoms with Gasteiger partial charge in [0.25, 0.3) is 0 Å². The predicted molar refractivity (Wildman–Crippen MR) is 132 cm³/mol. The minimum atomic E-state index is -0.986. The Morgan fingerprint density at radius 3 is 2.26 bits per heavy atom. The van der Waals surface area contributed by atoms with Crippen LogP contribution in [-0.2, 0) is 4.74 Å². The molecule has 1 atom stereocenters. The highest BCUT2D eigenvalue weighted by atomic mass is 16.5. The summed E-state index contributed by atoms with van der Waals surface area (Å²) in [5, 5.41) is 9.09. The third kappa shape index (κ3) is 5.16. The lowest BCUT2D eigenvalue weighted by atomic mass is 10.1. The Kier molecular flexibility index (Phi) is 7.11. The van der Waals surface area contributed by atoms with Crippen LogP contribution in [0.5, 0.6) is 0 Å². The van der Waals surface area contributed by atoms with Gasteiger partial charge in [-0.3, -0.25) is 0 Å². The minimum Gasteiger partial charge on any atom is -0.478 e. The largest absolute Gasteiger partial charge is 0.478 e. The summed E-state index contributed by atoms with van der Waals surface area (Å²) in [5.74, 6) is -1.32. The maximum absolute atomic E-state index is 11.8. The van der Waals surface area contributed by atoms with Gasteiger partial charge in [0.15, 0.2) is 0 Å². The van der Waals surface area contributed by atoms with Crippen LogP contribution in [0, 0.1) is 0 Å². The Morgan fingerprint density at radius 2 is 1.57 bits per heavy atom. The molecule has 1 N–H and O–H groups in total. The van der Waals surface area contributed by atoms with Crippen molar-refractivity contribution in [2.24, 2.45) is 0 Å². The fourth-order valence-electron chi connectivity index (χ4n) is 3.68. The van der Waals surface area contributed by atoms with Crippen molar-refractivity contribution in [2.45, 2.75) is 19.9 Å². The molecule has 5 aromatic rings. The molecule has 3 aromatic carbocycles. The second kappa shape index (κ2) is 10.6. The fraction of sp³-hybridized carbons (Fsp3) is 0.148. The van der Waals surface area contributed by atoms with Gasteiger partial charge >= 0.3 is 11.9 Å². The number of esters is 1. The van der Waals surface area contributed by atoms with E-state index in [-0.39, 0.29) is 17.6 Å². The van der Waals surface area contributed by atoms with E-state index in [4.69, 9.17) is 9.84 Å². The zero-order valence-corrected chi connectivity index (χ0v) is 19.3. The number of fused-ring (bicyclic) bond motifs is 2. The number of ether oxygens (including phenoxy) is 1. The molecule has 0 aliphatic rings. The van der Waals surface area contributed by atoms with Crippen LogP contribution < -0.4 is 0 Å². The third-order valence-corrected chi connectivity index (χ3v) is 5.45. The van der Waals surface area contributed by atoms with Gasteiger partial charge in [0.2, 0.25) is 0 Å². The first kappa shape index (κ1) is 23.6. The van der Waals surface area contributed by atoms with Gasteiger partial charge in [0.05, 0.1) is 47.3 Å². The molecule has 8 nitrogen and oxygen atoms in total. The monoisotopic (exact) mass is 468 g/mol. The number of hydrogen-bond donors (Lipinski definition) is 1. The number of benzene rings is 3. The summed E-state index contributed by atoms with van der Waals surface area (Å²) < 4.78 is 6.84. The van der Waals surface area contributed by atoms with Crippen molar-refractivity contribution in [1.82, 2.24) is 19.5 Å². The molecule has 0 saturated carbocycles. The molecule has 2 aromatic heterocycles. The lowest BCUT2D eigenvalue weighted by Gasteiger charge is -2.16. The van der Waals surface area contributed by atoms with Crippen LogP contribution in [0.25, 0.3) is 22.1 Å². The van der Waals surface area contributed by atoms with Gasteiger partial charge in [0.1, 0.15) is 11.2 Å². The van der Waals surface area contributed by atoms with Crippen LogP contribution in [0.1, 0.15) is 46.3 Å². The normalized spacial score (nSPS) is 11.5. The van der Waals surface area contributed by atoms with Crippen LogP contribution in [0.3, 0.4) is 0 Å². The lowest BCUT2D eigenvalue weighted by molar-refractivity contribution is 0.0512. The van der Waals surface area contributed by atoms with E-state index in [1.165, 1.54) is 12.3 Å². The third-order valence-electron chi connectivity index (χ3n) is 5.45. The molecule has 176 valence electrons. The van der Waals surface area contributed by atoms with E-state index < -0.39 is 5.97 Å². The zero-order valence-electron chi connectivity index (χ0n) is 19.3. The smallest absolute Gasteiger partial charge is 0.356 e. The highest BCUT2D eigenvalue weighted by molar-refractivity contribution is 6.02. The zero-order chi connectivity index (χ0) is 24.8. The molecule has 0 amide bonds. The number of carbonyl (C=O) groups excluding carboxylic acids is 1. The Hall–Kier alpha value is -4.59. The Morgan fingerprint density at radius 1 is 0.914 bits per heavy atom. The topological polar surface area (TPSA) is 107 Å².